The van der Waals surface area contributed by atoms with E-state index in [0.717, 1.165) is 12.7 Å². The Bertz CT molecular complexity index is 467. The van der Waals surface area contributed by atoms with Gasteiger partial charge in [-0.15, -0.1) is 0 Å². The summed E-state index contributed by atoms with van der Waals surface area (Å²) in [6, 6.07) is 3.17. The predicted molar refractivity (Wildman–Crippen MR) is 67.7 cm³/mol. The lowest BCUT2D eigenvalue weighted by Crippen LogP contribution is -2.38. The van der Waals surface area contributed by atoms with Crippen molar-refractivity contribution in [3.05, 3.63) is 24.2 Å². The Kier molecular flexibility index (Phi) is 5.36. The van der Waals surface area contributed by atoms with E-state index in [1.807, 2.05) is 6.92 Å². The first kappa shape index (κ1) is 14.7. The van der Waals surface area contributed by atoms with Crippen molar-refractivity contribution < 1.29 is 17.6 Å². The predicted octanol–water partition coefficient (Wildman–Crippen LogP) is 0.681. The second-order valence-corrected chi connectivity index (χ2v) is 5.88. The number of carbonyl (C=O) groups excluding carboxylic acids is 1. The second-order valence-electron chi connectivity index (χ2n) is 3.90. The largest absolute Gasteiger partial charge is 0.459 e. The smallest absolute Gasteiger partial charge is 0.287 e. The number of hydrogen-bond acceptors (Lipinski definition) is 4. The zero-order valence-electron chi connectivity index (χ0n) is 10.5. The number of amides is 1. The van der Waals surface area contributed by atoms with Crippen LogP contribution in [-0.4, -0.2) is 44.5 Å². The van der Waals surface area contributed by atoms with Gasteiger partial charge in [0.25, 0.3) is 5.91 Å². The number of hydrogen-bond donors (Lipinski definition) is 1. The summed E-state index contributed by atoms with van der Waals surface area (Å²) in [4.78, 5) is 11.5. The van der Waals surface area contributed by atoms with Crippen molar-refractivity contribution >= 4 is 15.9 Å². The molecular weight excluding hydrogens is 256 g/mol. The fourth-order valence-corrected chi connectivity index (χ4v) is 2.42. The lowest BCUT2D eigenvalue weighted by atomic mass is 10.4. The van der Waals surface area contributed by atoms with Crippen LogP contribution in [0.1, 0.15) is 23.9 Å². The number of rotatable bonds is 7. The maximum atomic E-state index is 11.5. The molecule has 0 unspecified atom stereocenters. The maximum Gasteiger partial charge on any atom is 0.287 e. The van der Waals surface area contributed by atoms with Crippen LogP contribution < -0.4 is 5.32 Å². The van der Waals surface area contributed by atoms with Crippen LogP contribution in [0.5, 0.6) is 0 Å². The van der Waals surface area contributed by atoms with E-state index in [9.17, 15) is 13.2 Å². The average Bonchev–Trinajstić information content (AvgIpc) is 2.79. The van der Waals surface area contributed by atoms with Gasteiger partial charge in [-0.2, -0.15) is 0 Å². The highest BCUT2D eigenvalue weighted by molar-refractivity contribution is 7.88. The van der Waals surface area contributed by atoms with Crippen LogP contribution in [0, 0.1) is 0 Å². The van der Waals surface area contributed by atoms with E-state index in [4.69, 9.17) is 4.42 Å². The maximum absolute atomic E-state index is 11.5. The topological polar surface area (TPSA) is 79.6 Å². The van der Waals surface area contributed by atoms with Gasteiger partial charge in [0.2, 0.25) is 10.0 Å². The molecule has 102 valence electrons. The zero-order valence-corrected chi connectivity index (χ0v) is 11.4. The van der Waals surface area contributed by atoms with E-state index in [0.29, 0.717) is 6.54 Å². The van der Waals surface area contributed by atoms with Gasteiger partial charge in [0.1, 0.15) is 0 Å². The number of sulfonamides is 1. The minimum atomic E-state index is -3.22. The third-order valence-electron chi connectivity index (χ3n) is 2.33. The first-order valence-electron chi connectivity index (χ1n) is 5.72. The molecular formula is C11H18N2O4S. The fourth-order valence-electron chi connectivity index (χ4n) is 1.48. The molecule has 1 amide bonds. The molecule has 7 heteroatoms. The molecule has 18 heavy (non-hydrogen) atoms. The zero-order chi connectivity index (χ0) is 13.6. The van der Waals surface area contributed by atoms with Crippen LogP contribution in [0.25, 0.3) is 0 Å². The monoisotopic (exact) mass is 274 g/mol. The molecule has 0 atom stereocenters. The van der Waals surface area contributed by atoms with E-state index in [-0.39, 0.29) is 24.8 Å². The van der Waals surface area contributed by atoms with E-state index >= 15 is 0 Å². The van der Waals surface area contributed by atoms with Gasteiger partial charge in [0, 0.05) is 19.6 Å². The summed E-state index contributed by atoms with van der Waals surface area (Å²) < 4.78 is 29.1. The first-order valence-corrected chi connectivity index (χ1v) is 7.56. The van der Waals surface area contributed by atoms with Gasteiger partial charge in [-0.25, -0.2) is 12.7 Å². The molecule has 0 aromatic carbocycles. The summed E-state index contributed by atoms with van der Waals surface area (Å²) >= 11 is 0. The van der Waals surface area contributed by atoms with Crippen molar-refractivity contribution in [1.29, 1.82) is 0 Å². The highest BCUT2D eigenvalue weighted by Gasteiger charge is 2.15. The summed E-state index contributed by atoms with van der Waals surface area (Å²) in [5.74, 6) is -0.124. The molecule has 1 aromatic heterocycles. The molecule has 1 N–H and O–H groups in total. The lowest BCUT2D eigenvalue weighted by Gasteiger charge is -2.18. The van der Waals surface area contributed by atoms with Crippen molar-refractivity contribution in [2.75, 3.05) is 25.9 Å². The number of nitrogens with one attached hydrogen (secondary N) is 1. The number of nitrogens with zero attached hydrogens (tertiary/aromatic N) is 1. The summed E-state index contributed by atoms with van der Waals surface area (Å²) in [6.07, 6.45) is 3.31. The molecule has 0 spiro atoms. The van der Waals surface area contributed by atoms with Crippen LogP contribution >= 0.6 is 0 Å². The quantitative estimate of drug-likeness (QED) is 0.793. The van der Waals surface area contributed by atoms with E-state index < -0.39 is 10.0 Å². The molecule has 6 nitrogen and oxygen atoms in total. The summed E-state index contributed by atoms with van der Waals surface area (Å²) in [6.45, 7) is 2.88. The Labute approximate surface area is 107 Å². The van der Waals surface area contributed by atoms with E-state index in [2.05, 4.69) is 5.32 Å². The van der Waals surface area contributed by atoms with Crippen LogP contribution in [-0.2, 0) is 10.0 Å². The Hall–Kier alpha value is -1.34. The Morgan fingerprint density at radius 3 is 2.67 bits per heavy atom. The molecule has 0 aliphatic heterocycles. The molecule has 0 bridgehead atoms. The highest BCUT2D eigenvalue weighted by Crippen LogP contribution is 2.00. The van der Waals surface area contributed by atoms with Gasteiger partial charge < -0.3 is 9.73 Å². The standard InChI is InChI=1S/C11H18N2O4S/c1-3-7-13(18(2,15)16)8-6-12-11(14)10-5-4-9-17-10/h4-5,9H,3,6-8H2,1-2H3,(H,12,14). The van der Waals surface area contributed by atoms with Gasteiger partial charge >= 0.3 is 0 Å². The van der Waals surface area contributed by atoms with Gasteiger partial charge in [-0.1, -0.05) is 6.92 Å². The molecule has 0 fully saturated rings. The van der Waals surface area contributed by atoms with Crippen molar-refractivity contribution in [1.82, 2.24) is 9.62 Å². The Morgan fingerprint density at radius 2 is 2.17 bits per heavy atom. The minimum Gasteiger partial charge on any atom is -0.459 e. The molecule has 0 aliphatic rings. The van der Waals surface area contributed by atoms with E-state index in [1.165, 1.54) is 10.6 Å². The van der Waals surface area contributed by atoms with Crippen LogP contribution in [0.4, 0.5) is 0 Å². The van der Waals surface area contributed by atoms with Crippen LogP contribution in [0.15, 0.2) is 22.8 Å². The summed E-state index contributed by atoms with van der Waals surface area (Å²) in [5.41, 5.74) is 0. The molecule has 1 aromatic rings. The Morgan fingerprint density at radius 1 is 1.44 bits per heavy atom. The molecule has 0 radical (unpaired) electrons. The first-order chi connectivity index (χ1) is 8.45. The molecule has 1 rings (SSSR count). The van der Waals surface area contributed by atoms with Crippen molar-refractivity contribution in [3.8, 4) is 0 Å². The number of furan rings is 1. The second kappa shape index (κ2) is 6.55. The fraction of sp³-hybridized carbons (Fsp3) is 0.545. The minimum absolute atomic E-state index is 0.219. The highest BCUT2D eigenvalue weighted by atomic mass is 32.2. The van der Waals surface area contributed by atoms with Crippen molar-refractivity contribution in [2.45, 2.75) is 13.3 Å². The SMILES string of the molecule is CCCN(CCNC(=O)c1ccco1)S(C)(=O)=O. The lowest BCUT2D eigenvalue weighted by molar-refractivity contribution is 0.0924. The van der Waals surface area contributed by atoms with Crippen LogP contribution in [0.2, 0.25) is 0 Å². The normalized spacial score (nSPS) is 11.7. The Balaban J connectivity index is 2.42. The van der Waals surface area contributed by atoms with Crippen molar-refractivity contribution in [3.63, 3.8) is 0 Å². The van der Waals surface area contributed by atoms with Crippen LogP contribution in [0.3, 0.4) is 0 Å². The molecule has 1 heterocycles. The third-order valence-corrected chi connectivity index (χ3v) is 3.64. The summed E-state index contributed by atoms with van der Waals surface area (Å²) in [5, 5.41) is 2.61. The van der Waals surface area contributed by atoms with E-state index in [1.54, 1.807) is 12.1 Å². The number of carbonyl (C=O) groups is 1. The van der Waals surface area contributed by atoms with Crippen molar-refractivity contribution in [2.24, 2.45) is 0 Å². The molecule has 0 saturated carbocycles. The third kappa shape index (κ3) is 4.50. The van der Waals surface area contributed by atoms with Gasteiger partial charge in [0.05, 0.1) is 12.5 Å². The molecule has 0 saturated heterocycles. The summed E-state index contributed by atoms with van der Waals surface area (Å²) in [7, 11) is -3.22. The average molecular weight is 274 g/mol. The van der Waals surface area contributed by atoms with Gasteiger partial charge in [-0.3, -0.25) is 4.79 Å². The molecule has 0 aliphatic carbocycles. The van der Waals surface area contributed by atoms with Gasteiger partial charge in [0.15, 0.2) is 5.76 Å². The van der Waals surface area contributed by atoms with Gasteiger partial charge in [-0.05, 0) is 18.6 Å².